The number of ketones is 1. The molecule has 2 aliphatic carbocycles. The van der Waals surface area contributed by atoms with E-state index in [9.17, 15) is 4.79 Å². The van der Waals surface area contributed by atoms with Crippen molar-refractivity contribution in [3.05, 3.63) is 0 Å². The number of fused-ring (bicyclic) bond motifs is 1. The van der Waals surface area contributed by atoms with E-state index in [-0.39, 0.29) is 5.92 Å². The van der Waals surface area contributed by atoms with Crippen LogP contribution in [0.5, 0.6) is 0 Å². The minimum atomic E-state index is -0.438. The number of carbonyl (C=O) groups is 1. The van der Waals surface area contributed by atoms with Gasteiger partial charge in [0.2, 0.25) is 0 Å². The van der Waals surface area contributed by atoms with Gasteiger partial charge in [-0.15, -0.1) is 0 Å². The zero-order chi connectivity index (χ0) is 15.6. The van der Waals surface area contributed by atoms with Crippen LogP contribution in [0, 0.1) is 23.7 Å². The van der Waals surface area contributed by atoms with Crippen molar-refractivity contribution in [3.63, 3.8) is 0 Å². The summed E-state index contributed by atoms with van der Waals surface area (Å²) in [5, 5.41) is 0. The van der Waals surface area contributed by atoms with Crippen molar-refractivity contribution in [1.82, 2.24) is 0 Å². The van der Waals surface area contributed by atoms with Gasteiger partial charge in [0.05, 0.1) is 13.2 Å². The van der Waals surface area contributed by atoms with Crippen LogP contribution >= 0.6 is 0 Å². The van der Waals surface area contributed by atoms with E-state index in [2.05, 4.69) is 6.92 Å². The molecular weight excluding hydrogens is 276 g/mol. The van der Waals surface area contributed by atoms with Crippen molar-refractivity contribution in [1.29, 1.82) is 0 Å². The van der Waals surface area contributed by atoms with Gasteiger partial charge in [-0.1, -0.05) is 26.2 Å². The zero-order valence-corrected chi connectivity index (χ0v) is 14.3. The fourth-order valence-corrected chi connectivity index (χ4v) is 5.16. The van der Waals surface area contributed by atoms with E-state index in [1.807, 2.05) is 6.92 Å². The normalized spacial score (nSPS) is 38.0. The summed E-state index contributed by atoms with van der Waals surface area (Å²) in [6.45, 7) is 5.71. The second kappa shape index (κ2) is 7.00. The Kier molecular flexibility index (Phi) is 5.24. The average Bonchev–Trinajstić information content (AvgIpc) is 2.94. The molecule has 3 rings (SSSR count). The number of hydrogen-bond acceptors (Lipinski definition) is 3. The highest BCUT2D eigenvalue weighted by Gasteiger charge is 2.42. The second-order valence-corrected chi connectivity index (χ2v) is 7.87. The third-order valence-corrected chi connectivity index (χ3v) is 6.35. The van der Waals surface area contributed by atoms with Gasteiger partial charge in [-0.05, 0) is 50.4 Å². The number of hydrogen-bond donors (Lipinski definition) is 0. The first-order valence-corrected chi connectivity index (χ1v) is 9.42. The van der Waals surface area contributed by atoms with Crippen LogP contribution in [0.4, 0.5) is 0 Å². The molecule has 0 N–H and O–H groups in total. The number of rotatable bonds is 5. The number of ether oxygens (including phenoxy) is 2. The average molecular weight is 308 g/mol. The van der Waals surface area contributed by atoms with Crippen molar-refractivity contribution >= 4 is 5.78 Å². The Morgan fingerprint density at radius 3 is 2.64 bits per heavy atom. The fraction of sp³-hybridized carbons (Fsp3) is 0.947. The van der Waals surface area contributed by atoms with Gasteiger partial charge in [-0.3, -0.25) is 4.79 Å². The minimum Gasteiger partial charge on any atom is -0.348 e. The summed E-state index contributed by atoms with van der Waals surface area (Å²) in [6, 6.07) is 0. The molecule has 2 saturated carbocycles. The molecule has 1 heterocycles. The van der Waals surface area contributed by atoms with Crippen molar-refractivity contribution in [2.75, 3.05) is 13.2 Å². The van der Waals surface area contributed by atoms with Crippen LogP contribution in [0.25, 0.3) is 0 Å². The third-order valence-electron chi connectivity index (χ3n) is 6.35. The van der Waals surface area contributed by atoms with Crippen LogP contribution in [-0.2, 0) is 14.3 Å². The summed E-state index contributed by atoms with van der Waals surface area (Å²) in [5.41, 5.74) is 0. The smallest absolute Gasteiger partial charge is 0.165 e. The molecule has 1 saturated heterocycles. The van der Waals surface area contributed by atoms with Gasteiger partial charge in [0.1, 0.15) is 5.78 Å². The maximum atomic E-state index is 12.5. The Morgan fingerprint density at radius 2 is 1.91 bits per heavy atom. The minimum absolute atomic E-state index is 0.269. The molecule has 0 aromatic carbocycles. The molecule has 126 valence electrons. The van der Waals surface area contributed by atoms with Crippen molar-refractivity contribution in [2.45, 2.75) is 77.4 Å². The molecule has 22 heavy (non-hydrogen) atoms. The van der Waals surface area contributed by atoms with E-state index in [0.717, 1.165) is 37.5 Å². The van der Waals surface area contributed by atoms with Gasteiger partial charge in [0, 0.05) is 18.8 Å². The number of Topliss-reactive ketones (excluding diaryl/α,β-unsaturated/α-hetero) is 1. The second-order valence-electron chi connectivity index (χ2n) is 7.87. The summed E-state index contributed by atoms with van der Waals surface area (Å²) < 4.78 is 11.4. The maximum Gasteiger partial charge on any atom is 0.165 e. The molecule has 3 fully saturated rings. The first-order chi connectivity index (χ1) is 10.6. The Hall–Kier alpha value is -0.410. The van der Waals surface area contributed by atoms with Gasteiger partial charge >= 0.3 is 0 Å². The maximum absolute atomic E-state index is 12.5. The van der Waals surface area contributed by atoms with E-state index in [1.165, 1.54) is 32.1 Å². The van der Waals surface area contributed by atoms with E-state index in [0.29, 0.717) is 24.9 Å². The van der Waals surface area contributed by atoms with Crippen LogP contribution in [-0.4, -0.2) is 24.8 Å². The highest BCUT2D eigenvalue weighted by molar-refractivity contribution is 5.82. The van der Waals surface area contributed by atoms with Crippen LogP contribution in [0.1, 0.15) is 71.6 Å². The molecule has 0 aromatic rings. The summed E-state index contributed by atoms with van der Waals surface area (Å²) >= 11 is 0. The molecule has 4 atom stereocenters. The predicted molar refractivity (Wildman–Crippen MR) is 86.5 cm³/mol. The molecule has 3 unspecified atom stereocenters. The van der Waals surface area contributed by atoms with Gasteiger partial charge < -0.3 is 9.47 Å². The third kappa shape index (κ3) is 3.56. The Bertz CT molecular complexity index is 386. The van der Waals surface area contributed by atoms with Gasteiger partial charge in [0.15, 0.2) is 5.79 Å². The first-order valence-electron chi connectivity index (χ1n) is 9.42. The lowest BCUT2D eigenvalue weighted by atomic mass is 9.61. The van der Waals surface area contributed by atoms with Gasteiger partial charge in [0.25, 0.3) is 0 Å². The van der Waals surface area contributed by atoms with Gasteiger partial charge in [-0.25, -0.2) is 0 Å². The number of carbonyl (C=O) groups excluding carboxylic acids is 1. The van der Waals surface area contributed by atoms with E-state index >= 15 is 0 Å². The van der Waals surface area contributed by atoms with Crippen LogP contribution in [0.3, 0.4) is 0 Å². The Balaban J connectivity index is 1.59. The SMILES string of the molecule is CCCC1CC[C@H]2C(CCC(=O)C2CCC2(C)OCCO2)C1. The van der Waals surface area contributed by atoms with Crippen LogP contribution in [0.2, 0.25) is 0 Å². The van der Waals surface area contributed by atoms with Gasteiger partial charge in [-0.2, -0.15) is 0 Å². The molecular formula is C19H32O3. The summed E-state index contributed by atoms with van der Waals surface area (Å²) in [7, 11) is 0. The highest BCUT2D eigenvalue weighted by atomic mass is 16.7. The summed E-state index contributed by atoms with van der Waals surface area (Å²) in [5.74, 6) is 2.69. The molecule has 3 nitrogen and oxygen atoms in total. The van der Waals surface area contributed by atoms with Crippen molar-refractivity contribution < 1.29 is 14.3 Å². The quantitative estimate of drug-likeness (QED) is 0.758. The largest absolute Gasteiger partial charge is 0.348 e. The standard InChI is InChI=1S/C19H32O3/c1-3-4-14-5-7-16-15(13-14)6-8-18(20)17(16)9-10-19(2)21-11-12-22-19/h14-17H,3-13H2,1-2H3/t14?,15?,16-,17?/m0/s1. The molecule has 3 aliphatic rings. The van der Waals surface area contributed by atoms with E-state index in [1.54, 1.807) is 0 Å². The molecule has 1 aliphatic heterocycles. The first kappa shape index (κ1) is 16.4. The molecule has 0 aromatic heterocycles. The zero-order valence-electron chi connectivity index (χ0n) is 14.3. The molecule has 0 radical (unpaired) electrons. The Morgan fingerprint density at radius 1 is 1.14 bits per heavy atom. The van der Waals surface area contributed by atoms with E-state index in [4.69, 9.17) is 9.47 Å². The highest BCUT2D eigenvalue weighted by Crippen LogP contribution is 2.47. The molecule has 3 heteroatoms. The monoisotopic (exact) mass is 308 g/mol. The van der Waals surface area contributed by atoms with Crippen LogP contribution in [0.15, 0.2) is 0 Å². The van der Waals surface area contributed by atoms with E-state index < -0.39 is 5.79 Å². The summed E-state index contributed by atoms with van der Waals surface area (Å²) in [4.78, 5) is 12.5. The lowest BCUT2D eigenvalue weighted by molar-refractivity contribution is -0.153. The van der Waals surface area contributed by atoms with Crippen LogP contribution < -0.4 is 0 Å². The Labute approximate surface area is 135 Å². The molecule has 0 bridgehead atoms. The lowest BCUT2D eigenvalue weighted by Crippen LogP contribution is -2.40. The topological polar surface area (TPSA) is 35.5 Å². The molecule has 0 amide bonds. The lowest BCUT2D eigenvalue weighted by Gasteiger charge is -2.44. The van der Waals surface area contributed by atoms with Crippen molar-refractivity contribution in [3.8, 4) is 0 Å². The fourth-order valence-electron chi connectivity index (χ4n) is 5.16. The molecule has 0 spiro atoms. The summed E-state index contributed by atoms with van der Waals surface area (Å²) in [6.07, 6.45) is 10.4. The predicted octanol–water partition coefficient (Wildman–Crippen LogP) is 4.34. The van der Waals surface area contributed by atoms with Crippen molar-refractivity contribution in [2.24, 2.45) is 23.7 Å².